The predicted octanol–water partition coefficient (Wildman–Crippen LogP) is 2.91. The molecule has 0 aliphatic heterocycles. The van der Waals surface area contributed by atoms with E-state index in [0.29, 0.717) is 0 Å². The Morgan fingerprint density at radius 3 is 2.50 bits per heavy atom. The van der Waals surface area contributed by atoms with Gasteiger partial charge in [-0.25, -0.2) is 0 Å². The van der Waals surface area contributed by atoms with Crippen LogP contribution in [0.15, 0.2) is 0 Å². The van der Waals surface area contributed by atoms with Crippen molar-refractivity contribution in [3.8, 4) is 0 Å². The summed E-state index contributed by atoms with van der Waals surface area (Å²) in [5.74, 6) is 1.68. The van der Waals surface area contributed by atoms with Crippen LogP contribution in [0.5, 0.6) is 0 Å². The second-order valence-corrected chi connectivity index (χ2v) is 4.85. The van der Waals surface area contributed by atoms with Gasteiger partial charge in [-0.05, 0) is 31.1 Å². The summed E-state index contributed by atoms with van der Waals surface area (Å²) in [4.78, 5) is 10.8. The molecule has 0 aromatic carbocycles. The molecule has 0 bridgehead atoms. The SMILES string of the molecule is CC(=O)O[C@@H]1CCC2CCCCC2C1. The predicted molar refractivity (Wildman–Crippen MR) is 54.9 cm³/mol. The Balaban J connectivity index is 1.86. The van der Waals surface area contributed by atoms with Gasteiger partial charge < -0.3 is 4.74 Å². The van der Waals surface area contributed by atoms with E-state index in [4.69, 9.17) is 4.74 Å². The Hall–Kier alpha value is -0.530. The van der Waals surface area contributed by atoms with Crippen molar-refractivity contribution < 1.29 is 9.53 Å². The molecule has 0 N–H and O–H groups in total. The van der Waals surface area contributed by atoms with Gasteiger partial charge in [-0.1, -0.05) is 25.7 Å². The number of hydrogen-bond acceptors (Lipinski definition) is 2. The molecule has 2 fully saturated rings. The summed E-state index contributed by atoms with van der Waals surface area (Å²) in [6.45, 7) is 1.52. The van der Waals surface area contributed by atoms with Gasteiger partial charge in [-0.3, -0.25) is 4.79 Å². The van der Waals surface area contributed by atoms with E-state index in [1.54, 1.807) is 0 Å². The normalized spacial score (nSPS) is 37.4. The van der Waals surface area contributed by atoms with Crippen molar-refractivity contribution in [2.45, 2.75) is 58.0 Å². The van der Waals surface area contributed by atoms with Gasteiger partial charge in [0.2, 0.25) is 0 Å². The molecule has 0 amide bonds. The van der Waals surface area contributed by atoms with E-state index in [2.05, 4.69) is 0 Å². The van der Waals surface area contributed by atoms with E-state index < -0.39 is 0 Å². The van der Waals surface area contributed by atoms with E-state index in [0.717, 1.165) is 24.7 Å². The first kappa shape index (κ1) is 10.0. The molecular formula is C12H20O2. The second kappa shape index (κ2) is 4.33. The summed E-state index contributed by atoms with van der Waals surface area (Å²) in [6, 6.07) is 0. The highest BCUT2D eigenvalue weighted by atomic mass is 16.5. The van der Waals surface area contributed by atoms with Crippen LogP contribution in [0, 0.1) is 11.8 Å². The lowest BCUT2D eigenvalue weighted by Crippen LogP contribution is -2.32. The van der Waals surface area contributed by atoms with Crippen molar-refractivity contribution in [3.05, 3.63) is 0 Å². The van der Waals surface area contributed by atoms with E-state index in [1.165, 1.54) is 39.0 Å². The Morgan fingerprint density at radius 1 is 1.07 bits per heavy atom. The molecule has 2 rings (SSSR count). The molecule has 3 atom stereocenters. The monoisotopic (exact) mass is 196 g/mol. The van der Waals surface area contributed by atoms with Gasteiger partial charge in [-0.2, -0.15) is 0 Å². The number of carbonyl (C=O) groups excluding carboxylic acids is 1. The molecule has 0 aromatic heterocycles. The third-order valence-corrected chi connectivity index (χ3v) is 3.82. The third-order valence-electron chi connectivity index (χ3n) is 3.82. The smallest absolute Gasteiger partial charge is 0.302 e. The van der Waals surface area contributed by atoms with Gasteiger partial charge in [-0.15, -0.1) is 0 Å². The lowest BCUT2D eigenvalue weighted by molar-refractivity contribution is -0.149. The Kier molecular flexibility index (Phi) is 3.09. The molecular weight excluding hydrogens is 176 g/mol. The summed E-state index contributed by atoms with van der Waals surface area (Å²) in [6.07, 6.45) is 9.31. The molecule has 0 heterocycles. The van der Waals surface area contributed by atoms with Crippen LogP contribution in [0.25, 0.3) is 0 Å². The maximum Gasteiger partial charge on any atom is 0.302 e. The lowest BCUT2D eigenvalue weighted by atomic mass is 9.70. The summed E-state index contributed by atoms with van der Waals surface area (Å²) in [7, 11) is 0. The minimum absolute atomic E-state index is 0.107. The third kappa shape index (κ3) is 2.28. The summed E-state index contributed by atoms with van der Waals surface area (Å²) >= 11 is 0. The highest BCUT2D eigenvalue weighted by Crippen LogP contribution is 2.41. The van der Waals surface area contributed by atoms with Crippen LogP contribution >= 0.6 is 0 Å². The van der Waals surface area contributed by atoms with Gasteiger partial charge in [0.25, 0.3) is 0 Å². The van der Waals surface area contributed by atoms with Gasteiger partial charge in [0.1, 0.15) is 6.10 Å². The molecule has 2 heteroatoms. The Morgan fingerprint density at radius 2 is 1.79 bits per heavy atom. The number of carbonyl (C=O) groups is 1. The van der Waals surface area contributed by atoms with Crippen LogP contribution in [0.4, 0.5) is 0 Å². The molecule has 80 valence electrons. The first-order valence-corrected chi connectivity index (χ1v) is 5.93. The zero-order chi connectivity index (χ0) is 9.97. The van der Waals surface area contributed by atoms with Crippen LogP contribution < -0.4 is 0 Å². The number of esters is 1. The minimum atomic E-state index is -0.107. The van der Waals surface area contributed by atoms with Crippen molar-refractivity contribution in [2.24, 2.45) is 11.8 Å². The maximum atomic E-state index is 10.8. The zero-order valence-electron chi connectivity index (χ0n) is 9.00. The summed E-state index contributed by atoms with van der Waals surface area (Å²) in [5.41, 5.74) is 0. The molecule has 14 heavy (non-hydrogen) atoms. The molecule has 2 saturated carbocycles. The lowest BCUT2D eigenvalue weighted by Gasteiger charge is -2.38. The molecule has 0 spiro atoms. The van der Waals surface area contributed by atoms with Crippen molar-refractivity contribution >= 4 is 5.97 Å². The molecule has 2 aliphatic carbocycles. The fraction of sp³-hybridized carbons (Fsp3) is 0.917. The quantitative estimate of drug-likeness (QED) is 0.603. The highest BCUT2D eigenvalue weighted by molar-refractivity contribution is 5.66. The molecule has 0 aromatic rings. The molecule has 0 radical (unpaired) electrons. The molecule has 2 unspecified atom stereocenters. The van der Waals surface area contributed by atoms with Crippen molar-refractivity contribution in [3.63, 3.8) is 0 Å². The van der Waals surface area contributed by atoms with E-state index in [1.807, 2.05) is 0 Å². The second-order valence-electron chi connectivity index (χ2n) is 4.85. The summed E-state index contributed by atoms with van der Waals surface area (Å²) < 4.78 is 5.30. The van der Waals surface area contributed by atoms with Crippen molar-refractivity contribution in [1.82, 2.24) is 0 Å². The average Bonchev–Trinajstić information content (AvgIpc) is 2.17. The van der Waals surface area contributed by atoms with Gasteiger partial charge in [0, 0.05) is 6.92 Å². The first-order chi connectivity index (χ1) is 6.75. The first-order valence-electron chi connectivity index (χ1n) is 5.93. The van der Waals surface area contributed by atoms with E-state index in [-0.39, 0.29) is 12.1 Å². The Bertz CT molecular complexity index is 212. The van der Waals surface area contributed by atoms with Crippen LogP contribution in [-0.2, 0) is 9.53 Å². The standard InChI is InChI=1S/C12H20O2/c1-9(13)14-12-7-6-10-4-2-3-5-11(10)8-12/h10-12H,2-8H2,1H3/t10?,11?,12-/m1/s1. The Labute approximate surface area is 86.0 Å². The van der Waals surface area contributed by atoms with Gasteiger partial charge in [0.15, 0.2) is 0 Å². The minimum Gasteiger partial charge on any atom is -0.463 e. The average molecular weight is 196 g/mol. The van der Waals surface area contributed by atoms with Crippen LogP contribution in [0.2, 0.25) is 0 Å². The van der Waals surface area contributed by atoms with E-state index >= 15 is 0 Å². The topological polar surface area (TPSA) is 26.3 Å². The van der Waals surface area contributed by atoms with Gasteiger partial charge in [0.05, 0.1) is 0 Å². The van der Waals surface area contributed by atoms with Crippen molar-refractivity contribution in [1.29, 1.82) is 0 Å². The highest BCUT2D eigenvalue weighted by Gasteiger charge is 2.33. The number of fused-ring (bicyclic) bond motifs is 1. The van der Waals surface area contributed by atoms with Crippen molar-refractivity contribution in [2.75, 3.05) is 0 Å². The van der Waals surface area contributed by atoms with Crippen LogP contribution in [0.1, 0.15) is 51.9 Å². The zero-order valence-corrected chi connectivity index (χ0v) is 9.00. The van der Waals surface area contributed by atoms with E-state index in [9.17, 15) is 4.79 Å². The fourth-order valence-corrected chi connectivity index (χ4v) is 3.17. The van der Waals surface area contributed by atoms with Crippen LogP contribution in [-0.4, -0.2) is 12.1 Å². The number of hydrogen-bond donors (Lipinski definition) is 0. The molecule has 0 saturated heterocycles. The largest absolute Gasteiger partial charge is 0.463 e. The maximum absolute atomic E-state index is 10.8. The number of rotatable bonds is 1. The molecule has 2 aliphatic rings. The fourth-order valence-electron chi connectivity index (χ4n) is 3.17. The van der Waals surface area contributed by atoms with Crippen LogP contribution in [0.3, 0.4) is 0 Å². The van der Waals surface area contributed by atoms with Gasteiger partial charge >= 0.3 is 5.97 Å². The number of ether oxygens (including phenoxy) is 1. The summed E-state index contributed by atoms with van der Waals surface area (Å²) in [5, 5.41) is 0. The molecule has 2 nitrogen and oxygen atoms in total.